The Labute approximate surface area is 62.6 Å². The Bertz CT molecular complexity index is 49.3. The van der Waals surface area contributed by atoms with Crippen molar-refractivity contribution in [3.63, 3.8) is 0 Å². The Balaban J connectivity index is -0.0000000267. The molecule has 0 heterocycles. The first kappa shape index (κ1) is 24.3. The van der Waals surface area contributed by atoms with Gasteiger partial charge in [-0.1, -0.05) is 0 Å². The van der Waals surface area contributed by atoms with E-state index < -0.39 is 5.97 Å². The van der Waals surface area contributed by atoms with E-state index in [0.717, 1.165) is 0 Å². The Hall–Kier alpha value is 0.116. The van der Waals surface area contributed by atoms with Crippen molar-refractivity contribution in [1.29, 1.82) is 0 Å². The van der Waals surface area contributed by atoms with Crippen molar-refractivity contribution in [3.05, 3.63) is 0 Å². The number of aliphatic carboxylic acids is 1. The van der Waals surface area contributed by atoms with E-state index in [2.05, 4.69) is 5.73 Å². The largest absolute Gasteiger partial charge is 0.480 e. The van der Waals surface area contributed by atoms with E-state index in [1.54, 1.807) is 0 Å². The fourth-order valence-electron chi connectivity index (χ4n) is 0. The highest BCUT2D eigenvalue weighted by molar-refractivity contribution is 5.75. The summed E-state index contributed by atoms with van der Waals surface area (Å²) in [4.78, 5) is 9.24. The molecule has 6 heteroatoms. The molecular weight excluding hydrogens is 126 g/mol. The molecule has 0 radical (unpaired) electrons. The molecule has 0 aromatic carbocycles. The summed E-state index contributed by atoms with van der Waals surface area (Å²) in [5, 5.41) is 7.60. The molecule has 0 aliphatic heterocycles. The summed E-state index contributed by atoms with van der Waals surface area (Å²) < 4.78 is 0. The number of carboxylic acids is 1. The SMILES string of the molecule is NCC(=O)O.O.O.[MgH2]. The topological polar surface area (TPSA) is 126 Å². The van der Waals surface area contributed by atoms with E-state index in [-0.39, 0.29) is 40.5 Å². The molecule has 0 atom stereocenters. The molecule has 0 saturated heterocycles. The second-order valence-corrected chi connectivity index (χ2v) is 0.598. The lowest BCUT2D eigenvalue weighted by Gasteiger charge is -1.73. The number of carbonyl (C=O) groups is 1. The van der Waals surface area contributed by atoms with Crippen molar-refractivity contribution >= 4 is 29.0 Å². The van der Waals surface area contributed by atoms with Crippen LogP contribution in [0, 0.1) is 0 Å². The molecule has 0 aromatic heterocycles. The first-order valence-electron chi connectivity index (χ1n) is 1.19. The van der Waals surface area contributed by atoms with Crippen LogP contribution in [-0.4, -0.2) is 51.6 Å². The maximum atomic E-state index is 9.24. The fourth-order valence-corrected chi connectivity index (χ4v) is 0. The molecule has 0 saturated carbocycles. The zero-order chi connectivity index (χ0) is 4.28. The maximum absolute atomic E-state index is 9.24. The minimum absolute atomic E-state index is 0. The second kappa shape index (κ2) is 15.7. The van der Waals surface area contributed by atoms with E-state index in [0.29, 0.717) is 0 Å². The zero-order valence-electron chi connectivity index (χ0n) is 3.64. The van der Waals surface area contributed by atoms with Crippen LogP contribution in [0.4, 0.5) is 0 Å². The molecule has 0 fully saturated rings. The number of carboxylic acid groups (broad SMARTS) is 1. The monoisotopic (exact) mass is 137 g/mol. The van der Waals surface area contributed by atoms with Gasteiger partial charge in [-0.05, 0) is 0 Å². The van der Waals surface area contributed by atoms with E-state index in [9.17, 15) is 4.79 Å². The molecule has 7 N–H and O–H groups in total. The van der Waals surface area contributed by atoms with Crippen LogP contribution in [-0.2, 0) is 4.79 Å². The second-order valence-electron chi connectivity index (χ2n) is 0.598. The normalized spacial score (nSPS) is 4.62. The average Bonchev–Trinajstić information content (AvgIpc) is 1.38. The van der Waals surface area contributed by atoms with E-state index in [1.807, 2.05) is 0 Å². The van der Waals surface area contributed by atoms with E-state index in [4.69, 9.17) is 5.11 Å². The summed E-state index contributed by atoms with van der Waals surface area (Å²) >= 11 is 0. The first-order valence-corrected chi connectivity index (χ1v) is 1.19. The van der Waals surface area contributed by atoms with Gasteiger partial charge in [0.15, 0.2) is 0 Å². The van der Waals surface area contributed by atoms with Gasteiger partial charge in [-0.3, -0.25) is 4.79 Å². The summed E-state index contributed by atoms with van der Waals surface area (Å²) in [5.41, 5.74) is 4.57. The highest BCUT2D eigenvalue weighted by atomic mass is 24.3. The molecule has 8 heavy (non-hydrogen) atoms. The van der Waals surface area contributed by atoms with E-state index >= 15 is 0 Å². The molecule has 0 unspecified atom stereocenters. The highest BCUT2D eigenvalue weighted by Crippen LogP contribution is 1.43. The molecule has 0 spiro atoms. The fraction of sp³-hybridized carbons (Fsp3) is 0.500. The van der Waals surface area contributed by atoms with Crippen LogP contribution in [0.3, 0.4) is 0 Å². The third-order valence-corrected chi connectivity index (χ3v) is 0.175. The predicted molar refractivity (Wildman–Crippen MR) is 32.5 cm³/mol. The van der Waals surface area contributed by atoms with Crippen molar-refractivity contribution in [2.75, 3.05) is 6.54 Å². The molecule has 0 aliphatic rings. The Morgan fingerprint density at radius 2 is 1.62 bits per heavy atom. The molecule has 0 amide bonds. The summed E-state index contributed by atoms with van der Waals surface area (Å²) in [7, 11) is 0. The van der Waals surface area contributed by atoms with Crippen LogP contribution >= 0.6 is 0 Å². The average molecular weight is 137 g/mol. The van der Waals surface area contributed by atoms with Gasteiger partial charge in [-0.25, -0.2) is 0 Å². The van der Waals surface area contributed by atoms with Crippen LogP contribution < -0.4 is 5.73 Å². The van der Waals surface area contributed by atoms with Crippen LogP contribution in [0.1, 0.15) is 0 Å². The number of nitrogens with two attached hydrogens (primary N) is 1. The van der Waals surface area contributed by atoms with Gasteiger partial charge in [0.2, 0.25) is 0 Å². The number of rotatable bonds is 1. The minimum atomic E-state index is -0.968. The van der Waals surface area contributed by atoms with Crippen LogP contribution in [0.15, 0.2) is 0 Å². The lowest BCUT2D eigenvalue weighted by molar-refractivity contribution is -0.135. The lowest BCUT2D eigenvalue weighted by atomic mass is 10.7. The summed E-state index contributed by atoms with van der Waals surface area (Å²) in [5.74, 6) is -0.968. The number of hydrogen-bond acceptors (Lipinski definition) is 2. The van der Waals surface area contributed by atoms with Gasteiger partial charge in [0.05, 0.1) is 6.54 Å². The molecule has 0 aromatic rings. The number of hydrogen-bond donors (Lipinski definition) is 2. The third-order valence-electron chi connectivity index (χ3n) is 0.175. The van der Waals surface area contributed by atoms with Gasteiger partial charge in [-0.15, -0.1) is 0 Å². The zero-order valence-corrected chi connectivity index (χ0v) is 3.64. The van der Waals surface area contributed by atoms with Gasteiger partial charge in [0.25, 0.3) is 0 Å². The van der Waals surface area contributed by atoms with Crippen molar-refractivity contribution in [2.24, 2.45) is 5.73 Å². The molecule has 0 rings (SSSR count). The van der Waals surface area contributed by atoms with Gasteiger partial charge in [-0.2, -0.15) is 0 Å². The standard InChI is InChI=1S/C2H5NO2.Mg.2H2O.2H/c3-1-2(4)5;;;;;/h1,3H2,(H,4,5);;2*1H2;;. The minimum Gasteiger partial charge on any atom is -0.480 e. The highest BCUT2D eigenvalue weighted by Gasteiger charge is 1.81. The van der Waals surface area contributed by atoms with Crippen LogP contribution in [0.2, 0.25) is 0 Å². The molecular formula is C2H11MgNO4. The molecule has 0 aliphatic carbocycles. The van der Waals surface area contributed by atoms with Gasteiger partial charge in [0, 0.05) is 0 Å². The summed E-state index contributed by atoms with van der Waals surface area (Å²) in [6, 6.07) is 0. The Morgan fingerprint density at radius 3 is 1.62 bits per heavy atom. The first-order chi connectivity index (χ1) is 2.27. The Kier molecular flexibility index (Phi) is 47.6. The molecule has 0 bridgehead atoms. The Morgan fingerprint density at radius 1 is 1.50 bits per heavy atom. The quantitative estimate of drug-likeness (QED) is 0.363. The summed E-state index contributed by atoms with van der Waals surface area (Å²) in [6.45, 7) is -0.278. The van der Waals surface area contributed by atoms with E-state index in [1.165, 1.54) is 0 Å². The third kappa shape index (κ3) is 35.7. The predicted octanol–water partition coefficient (Wildman–Crippen LogP) is -3.54. The van der Waals surface area contributed by atoms with Crippen molar-refractivity contribution in [2.45, 2.75) is 0 Å². The van der Waals surface area contributed by atoms with Crippen molar-refractivity contribution in [1.82, 2.24) is 0 Å². The van der Waals surface area contributed by atoms with Crippen molar-refractivity contribution in [3.8, 4) is 0 Å². The maximum Gasteiger partial charge on any atom is 0.317 e. The van der Waals surface area contributed by atoms with Crippen molar-refractivity contribution < 1.29 is 20.9 Å². The van der Waals surface area contributed by atoms with Crippen LogP contribution in [0.25, 0.3) is 0 Å². The molecule has 5 nitrogen and oxygen atoms in total. The van der Waals surface area contributed by atoms with Gasteiger partial charge >= 0.3 is 29.0 Å². The van der Waals surface area contributed by atoms with Gasteiger partial charge in [0.1, 0.15) is 0 Å². The van der Waals surface area contributed by atoms with Crippen LogP contribution in [0.5, 0.6) is 0 Å². The summed E-state index contributed by atoms with van der Waals surface area (Å²) in [6.07, 6.45) is 0. The lowest BCUT2D eigenvalue weighted by Crippen LogP contribution is -2.10. The molecule has 50 valence electrons. The smallest absolute Gasteiger partial charge is 0.317 e. The van der Waals surface area contributed by atoms with Gasteiger partial charge < -0.3 is 21.8 Å².